The summed E-state index contributed by atoms with van der Waals surface area (Å²) in [5.41, 5.74) is 0. The van der Waals surface area contributed by atoms with E-state index in [4.69, 9.17) is 0 Å². The number of hydrogen-bond acceptors (Lipinski definition) is 5. The number of aliphatic hydroxyl groups is 4. The Morgan fingerprint density at radius 2 is 0.678 bits per heavy atom. The molecule has 0 rings (SSSR count). The zero-order valence-electron chi connectivity index (χ0n) is 39.8. The van der Waals surface area contributed by atoms with Gasteiger partial charge in [0.05, 0.1) is 18.8 Å². The van der Waals surface area contributed by atoms with E-state index in [1.807, 2.05) is 0 Å². The highest BCUT2D eigenvalue weighted by atomic mass is 16.3. The summed E-state index contributed by atoms with van der Waals surface area (Å²) in [7, 11) is 0. The zero-order chi connectivity index (χ0) is 43.1. The number of carbonyl (C=O) groups is 1. The summed E-state index contributed by atoms with van der Waals surface area (Å²) in [6, 6.07) is -0.979. The first kappa shape index (κ1) is 58.0. The van der Waals surface area contributed by atoms with Crippen molar-refractivity contribution in [1.82, 2.24) is 5.32 Å². The van der Waals surface area contributed by atoms with E-state index < -0.39 is 36.9 Å². The zero-order valence-corrected chi connectivity index (χ0v) is 39.8. The number of aliphatic hydroxyl groups excluding tert-OH is 4. The van der Waals surface area contributed by atoms with E-state index >= 15 is 0 Å². The van der Waals surface area contributed by atoms with Gasteiger partial charge in [0.15, 0.2) is 0 Å². The first-order chi connectivity index (χ1) is 29.0. The Balaban J connectivity index is 3.45. The first-order valence-electron chi connectivity index (χ1n) is 26.6. The molecule has 0 aromatic heterocycles. The quantitative estimate of drug-likeness (QED) is 0.0310. The van der Waals surface area contributed by atoms with Crippen molar-refractivity contribution in [2.45, 2.75) is 314 Å². The number of rotatable bonds is 49. The summed E-state index contributed by atoms with van der Waals surface area (Å²) in [4.78, 5) is 12.5. The second-order valence-electron chi connectivity index (χ2n) is 18.6. The summed E-state index contributed by atoms with van der Waals surface area (Å²) < 4.78 is 0. The average molecular weight is 836 g/mol. The Labute approximate surface area is 368 Å². The van der Waals surface area contributed by atoms with Gasteiger partial charge in [-0.3, -0.25) is 4.79 Å². The Morgan fingerprint density at radius 3 is 0.983 bits per heavy atom. The van der Waals surface area contributed by atoms with Crippen LogP contribution in [-0.2, 0) is 4.79 Å². The molecule has 0 saturated heterocycles. The standard InChI is InChI=1S/C53H105NO5/c1-3-5-7-9-11-12-13-14-15-16-17-18-19-20-21-22-23-24-25-26-27-28-29-30-31-32-33-34-35-36-37-38-39-41-43-45-47-51(57)53(59)54-49(48-55)52(58)50(56)46-44-42-40-10-8-6-4-2/h24-25,49-52,55-58H,3-23,26-48H2,1-2H3,(H,54,59)/b25-24-. The lowest BCUT2D eigenvalue weighted by atomic mass is 9.99. The topological polar surface area (TPSA) is 110 Å². The Morgan fingerprint density at radius 1 is 0.407 bits per heavy atom. The molecule has 0 radical (unpaired) electrons. The van der Waals surface area contributed by atoms with Crippen LogP contribution < -0.4 is 5.32 Å². The maximum Gasteiger partial charge on any atom is 0.249 e. The van der Waals surface area contributed by atoms with Crippen LogP contribution in [0.2, 0.25) is 0 Å². The van der Waals surface area contributed by atoms with Gasteiger partial charge in [-0.25, -0.2) is 0 Å². The van der Waals surface area contributed by atoms with Gasteiger partial charge in [-0.1, -0.05) is 264 Å². The summed E-state index contributed by atoms with van der Waals surface area (Å²) in [5.74, 6) is -0.583. The molecule has 5 N–H and O–H groups in total. The molecule has 1 amide bonds. The number of allylic oxidation sites excluding steroid dienone is 2. The van der Waals surface area contributed by atoms with E-state index in [1.54, 1.807) is 0 Å². The predicted molar refractivity (Wildman–Crippen MR) is 256 cm³/mol. The molecule has 59 heavy (non-hydrogen) atoms. The Bertz CT molecular complexity index is 852. The minimum Gasteiger partial charge on any atom is -0.394 e. The van der Waals surface area contributed by atoms with Crippen LogP contribution in [0.3, 0.4) is 0 Å². The van der Waals surface area contributed by atoms with E-state index in [-0.39, 0.29) is 0 Å². The van der Waals surface area contributed by atoms with Crippen molar-refractivity contribution in [3.05, 3.63) is 12.2 Å². The number of unbranched alkanes of at least 4 members (excludes halogenated alkanes) is 38. The molecule has 0 fully saturated rings. The minimum atomic E-state index is -1.25. The Kier molecular flexibility index (Phi) is 47.3. The van der Waals surface area contributed by atoms with Crippen molar-refractivity contribution in [2.75, 3.05) is 6.61 Å². The molecule has 0 saturated carbocycles. The summed E-state index contributed by atoms with van der Waals surface area (Å²) in [5, 5.41) is 43.4. The van der Waals surface area contributed by atoms with E-state index in [1.165, 1.54) is 225 Å². The molecule has 352 valence electrons. The first-order valence-corrected chi connectivity index (χ1v) is 26.6. The van der Waals surface area contributed by atoms with Gasteiger partial charge < -0.3 is 25.7 Å². The maximum atomic E-state index is 12.5. The van der Waals surface area contributed by atoms with Gasteiger partial charge in [-0.2, -0.15) is 0 Å². The molecule has 0 spiro atoms. The van der Waals surface area contributed by atoms with Gasteiger partial charge in [0.2, 0.25) is 5.91 Å². The molecule has 4 atom stereocenters. The van der Waals surface area contributed by atoms with Crippen molar-refractivity contribution in [2.24, 2.45) is 0 Å². The molecular formula is C53H105NO5. The van der Waals surface area contributed by atoms with E-state index in [2.05, 4.69) is 31.3 Å². The SMILES string of the molecule is CCCCCCCCCCCCCCCCCC/C=C\CCCCCCCCCCCCCCCCCCC(O)C(=O)NC(CO)C(O)C(O)CCCCCCCCC. The van der Waals surface area contributed by atoms with Crippen LogP contribution in [0.25, 0.3) is 0 Å². The van der Waals surface area contributed by atoms with Crippen molar-refractivity contribution in [3.63, 3.8) is 0 Å². The van der Waals surface area contributed by atoms with Gasteiger partial charge in [0.25, 0.3) is 0 Å². The van der Waals surface area contributed by atoms with Crippen LogP contribution in [0.4, 0.5) is 0 Å². The maximum absolute atomic E-state index is 12.5. The van der Waals surface area contributed by atoms with E-state index in [0.717, 1.165) is 38.5 Å². The minimum absolute atomic E-state index is 0.373. The molecular weight excluding hydrogens is 731 g/mol. The van der Waals surface area contributed by atoms with Gasteiger partial charge >= 0.3 is 0 Å². The van der Waals surface area contributed by atoms with Crippen molar-refractivity contribution >= 4 is 5.91 Å². The van der Waals surface area contributed by atoms with E-state index in [0.29, 0.717) is 12.8 Å². The molecule has 0 aliphatic carbocycles. The van der Waals surface area contributed by atoms with Gasteiger partial charge in [-0.15, -0.1) is 0 Å². The van der Waals surface area contributed by atoms with Gasteiger partial charge in [0.1, 0.15) is 12.2 Å². The lowest BCUT2D eigenvalue weighted by Gasteiger charge is -2.27. The fourth-order valence-corrected chi connectivity index (χ4v) is 8.52. The predicted octanol–water partition coefficient (Wildman–Crippen LogP) is 14.9. The second kappa shape index (κ2) is 48.1. The Hall–Kier alpha value is -0.950. The molecule has 0 heterocycles. The van der Waals surface area contributed by atoms with Crippen molar-refractivity contribution in [1.29, 1.82) is 0 Å². The number of carbonyl (C=O) groups excluding carboxylic acids is 1. The normalized spacial score (nSPS) is 13.9. The van der Waals surface area contributed by atoms with Crippen LogP contribution in [0, 0.1) is 0 Å². The lowest BCUT2D eigenvalue weighted by molar-refractivity contribution is -0.132. The van der Waals surface area contributed by atoms with E-state index in [9.17, 15) is 25.2 Å². The monoisotopic (exact) mass is 836 g/mol. The number of amides is 1. The molecule has 4 unspecified atom stereocenters. The van der Waals surface area contributed by atoms with Crippen LogP contribution >= 0.6 is 0 Å². The highest BCUT2D eigenvalue weighted by Gasteiger charge is 2.28. The third kappa shape index (κ3) is 42.1. The largest absolute Gasteiger partial charge is 0.394 e. The third-order valence-electron chi connectivity index (χ3n) is 12.7. The van der Waals surface area contributed by atoms with Crippen LogP contribution in [0.1, 0.15) is 290 Å². The van der Waals surface area contributed by atoms with Crippen molar-refractivity contribution in [3.8, 4) is 0 Å². The molecule has 0 aromatic rings. The van der Waals surface area contributed by atoms with Crippen molar-refractivity contribution < 1.29 is 25.2 Å². The molecule has 0 bridgehead atoms. The van der Waals surface area contributed by atoms with Gasteiger partial charge in [-0.05, 0) is 38.5 Å². The van der Waals surface area contributed by atoms with Crippen LogP contribution in [-0.4, -0.2) is 57.3 Å². The molecule has 0 aliphatic rings. The summed E-state index contributed by atoms with van der Waals surface area (Å²) in [6.07, 6.45) is 56.1. The summed E-state index contributed by atoms with van der Waals surface area (Å²) >= 11 is 0. The fraction of sp³-hybridized carbons (Fsp3) is 0.943. The average Bonchev–Trinajstić information content (AvgIpc) is 3.24. The molecule has 6 heteroatoms. The second-order valence-corrected chi connectivity index (χ2v) is 18.6. The smallest absolute Gasteiger partial charge is 0.249 e. The molecule has 6 nitrogen and oxygen atoms in total. The number of nitrogens with one attached hydrogen (secondary N) is 1. The summed E-state index contributed by atoms with van der Waals surface area (Å²) in [6.45, 7) is 4.01. The highest BCUT2D eigenvalue weighted by molar-refractivity contribution is 5.80. The molecule has 0 aromatic carbocycles. The lowest BCUT2D eigenvalue weighted by Crippen LogP contribution is -2.53. The fourth-order valence-electron chi connectivity index (χ4n) is 8.52. The number of hydrogen-bond donors (Lipinski definition) is 5. The van der Waals surface area contributed by atoms with Crippen LogP contribution in [0.15, 0.2) is 12.2 Å². The van der Waals surface area contributed by atoms with Gasteiger partial charge in [0, 0.05) is 0 Å². The highest BCUT2D eigenvalue weighted by Crippen LogP contribution is 2.18. The molecule has 0 aliphatic heterocycles. The van der Waals surface area contributed by atoms with Crippen LogP contribution in [0.5, 0.6) is 0 Å². The third-order valence-corrected chi connectivity index (χ3v) is 12.7.